The first-order valence-corrected chi connectivity index (χ1v) is 7.24. The maximum Gasteiger partial charge on any atom is 0.117 e. The van der Waals surface area contributed by atoms with Gasteiger partial charge in [0, 0.05) is 31.7 Å². The molecule has 2 saturated heterocycles. The van der Waals surface area contributed by atoms with Crippen LogP contribution in [0.15, 0.2) is 22.8 Å². The van der Waals surface area contributed by atoms with Crippen LogP contribution < -0.4 is 0 Å². The van der Waals surface area contributed by atoms with E-state index in [1.807, 2.05) is 6.07 Å². The summed E-state index contributed by atoms with van der Waals surface area (Å²) in [6.45, 7) is 9.40. The SMILES string of the molecule is CC(C)CN1CC[C@@H]2[C@@H]1CCN2Cc1ccco1. The van der Waals surface area contributed by atoms with Crippen molar-refractivity contribution < 1.29 is 4.42 Å². The van der Waals surface area contributed by atoms with E-state index in [9.17, 15) is 0 Å². The van der Waals surface area contributed by atoms with E-state index in [2.05, 4.69) is 29.7 Å². The Morgan fingerprint density at radius 2 is 1.94 bits per heavy atom. The van der Waals surface area contributed by atoms with E-state index >= 15 is 0 Å². The highest BCUT2D eigenvalue weighted by molar-refractivity contribution is 5.03. The van der Waals surface area contributed by atoms with Crippen LogP contribution in [0.5, 0.6) is 0 Å². The molecule has 1 aromatic rings. The smallest absolute Gasteiger partial charge is 0.117 e. The molecule has 0 aliphatic carbocycles. The van der Waals surface area contributed by atoms with Crippen molar-refractivity contribution in [1.82, 2.24) is 9.80 Å². The van der Waals surface area contributed by atoms with Crippen LogP contribution in [0.3, 0.4) is 0 Å². The summed E-state index contributed by atoms with van der Waals surface area (Å²) >= 11 is 0. The van der Waals surface area contributed by atoms with Gasteiger partial charge >= 0.3 is 0 Å². The molecule has 0 bridgehead atoms. The number of fused-ring (bicyclic) bond motifs is 1. The minimum Gasteiger partial charge on any atom is -0.468 e. The molecule has 18 heavy (non-hydrogen) atoms. The Kier molecular flexibility index (Phi) is 3.44. The van der Waals surface area contributed by atoms with Gasteiger partial charge < -0.3 is 4.42 Å². The van der Waals surface area contributed by atoms with E-state index in [-0.39, 0.29) is 0 Å². The zero-order valence-electron chi connectivity index (χ0n) is 11.5. The molecule has 1 aromatic heterocycles. The van der Waals surface area contributed by atoms with Crippen LogP contribution in [0.2, 0.25) is 0 Å². The minimum atomic E-state index is 0.758. The van der Waals surface area contributed by atoms with Crippen molar-refractivity contribution in [3.05, 3.63) is 24.2 Å². The van der Waals surface area contributed by atoms with E-state index in [0.717, 1.165) is 30.3 Å². The van der Waals surface area contributed by atoms with E-state index in [4.69, 9.17) is 4.42 Å². The van der Waals surface area contributed by atoms with Crippen LogP contribution in [-0.4, -0.2) is 41.5 Å². The van der Waals surface area contributed by atoms with Crippen LogP contribution in [0.1, 0.15) is 32.4 Å². The molecule has 2 aliphatic rings. The Labute approximate surface area is 110 Å². The van der Waals surface area contributed by atoms with Gasteiger partial charge in [0.2, 0.25) is 0 Å². The Bertz CT molecular complexity index is 374. The molecule has 0 saturated carbocycles. The third-order valence-corrected chi connectivity index (χ3v) is 4.35. The van der Waals surface area contributed by atoms with E-state index in [0.29, 0.717) is 0 Å². The molecule has 3 heterocycles. The highest BCUT2D eigenvalue weighted by Gasteiger charge is 2.42. The number of likely N-dealkylation sites (tertiary alicyclic amines) is 2. The standard InChI is InChI=1S/C15H24N2O/c1-12(2)10-16-7-5-15-14(16)6-8-17(15)11-13-4-3-9-18-13/h3-4,9,12,14-15H,5-8,10-11H2,1-2H3/t14-,15+/m0/s1. The molecule has 0 spiro atoms. The summed E-state index contributed by atoms with van der Waals surface area (Å²) in [6, 6.07) is 5.63. The topological polar surface area (TPSA) is 19.6 Å². The summed E-state index contributed by atoms with van der Waals surface area (Å²) in [5, 5.41) is 0. The fourth-order valence-electron chi connectivity index (χ4n) is 3.66. The van der Waals surface area contributed by atoms with E-state index in [1.165, 1.54) is 32.5 Å². The van der Waals surface area contributed by atoms with Gasteiger partial charge in [-0.3, -0.25) is 9.80 Å². The highest BCUT2D eigenvalue weighted by atomic mass is 16.3. The van der Waals surface area contributed by atoms with E-state index in [1.54, 1.807) is 6.26 Å². The first kappa shape index (κ1) is 12.2. The summed E-state index contributed by atoms with van der Waals surface area (Å²) < 4.78 is 5.48. The van der Waals surface area contributed by atoms with Crippen molar-refractivity contribution in [2.75, 3.05) is 19.6 Å². The summed E-state index contributed by atoms with van der Waals surface area (Å²) in [5.41, 5.74) is 0. The highest BCUT2D eigenvalue weighted by Crippen LogP contribution is 2.32. The van der Waals surface area contributed by atoms with Crippen molar-refractivity contribution >= 4 is 0 Å². The van der Waals surface area contributed by atoms with Gasteiger partial charge in [-0.05, 0) is 30.9 Å². The van der Waals surface area contributed by atoms with Crippen molar-refractivity contribution in [2.45, 2.75) is 45.3 Å². The molecule has 0 aromatic carbocycles. The van der Waals surface area contributed by atoms with Crippen molar-refractivity contribution in [3.63, 3.8) is 0 Å². The Balaban J connectivity index is 1.61. The first-order valence-electron chi connectivity index (χ1n) is 7.24. The molecule has 100 valence electrons. The lowest BCUT2D eigenvalue weighted by Gasteiger charge is -2.26. The zero-order chi connectivity index (χ0) is 12.5. The summed E-state index contributed by atoms with van der Waals surface area (Å²) in [4.78, 5) is 5.32. The Morgan fingerprint density at radius 1 is 1.22 bits per heavy atom. The monoisotopic (exact) mass is 248 g/mol. The molecule has 3 heteroatoms. The number of hydrogen-bond acceptors (Lipinski definition) is 3. The van der Waals surface area contributed by atoms with Gasteiger partial charge in [-0.25, -0.2) is 0 Å². The predicted octanol–water partition coefficient (Wildman–Crippen LogP) is 2.58. The number of furan rings is 1. The molecule has 0 N–H and O–H groups in total. The van der Waals surface area contributed by atoms with Gasteiger partial charge in [0.15, 0.2) is 0 Å². The Morgan fingerprint density at radius 3 is 2.61 bits per heavy atom. The van der Waals surface area contributed by atoms with Crippen molar-refractivity contribution in [2.24, 2.45) is 5.92 Å². The molecule has 2 aliphatic heterocycles. The van der Waals surface area contributed by atoms with Gasteiger partial charge in [-0.15, -0.1) is 0 Å². The second kappa shape index (κ2) is 5.06. The fraction of sp³-hybridized carbons (Fsp3) is 0.733. The lowest BCUT2D eigenvalue weighted by atomic mass is 10.1. The number of nitrogens with zero attached hydrogens (tertiary/aromatic N) is 2. The molecular weight excluding hydrogens is 224 g/mol. The van der Waals surface area contributed by atoms with Gasteiger partial charge in [0.1, 0.15) is 5.76 Å². The zero-order valence-corrected chi connectivity index (χ0v) is 11.5. The van der Waals surface area contributed by atoms with Gasteiger partial charge in [-0.2, -0.15) is 0 Å². The third kappa shape index (κ3) is 2.34. The van der Waals surface area contributed by atoms with Crippen LogP contribution in [-0.2, 0) is 6.54 Å². The molecule has 2 fully saturated rings. The second-order valence-electron chi connectivity index (χ2n) is 6.15. The third-order valence-electron chi connectivity index (χ3n) is 4.35. The average Bonchev–Trinajstić information content (AvgIpc) is 2.99. The van der Waals surface area contributed by atoms with Crippen molar-refractivity contribution in [1.29, 1.82) is 0 Å². The van der Waals surface area contributed by atoms with Gasteiger partial charge in [0.25, 0.3) is 0 Å². The maximum atomic E-state index is 5.48. The second-order valence-corrected chi connectivity index (χ2v) is 6.15. The molecular formula is C15H24N2O. The largest absolute Gasteiger partial charge is 0.468 e. The summed E-state index contributed by atoms with van der Waals surface area (Å²) in [6.07, 6.45) is 4.44. The molecule has 0 radical (unpaired) electrons. The van der Waals surface area contributed by atoms with Gasteiger partial charge in [0.05, 0.1) is 12.8 Å². The lowest BCUT2D eigenvalue weighted by Crippen LogP contribution is -2.37. The van der Waals surface area contributed by atoms with Gasteiger partial charge in [-0.1, -0.05) is 13.8 Å². The minimum absolute atomic E-state index is 0.758. The summed E-state index contributed by atoms with van der Waals surface area (Å²) in [7, 11) is 0. The van der Waals surface area contributed by atoms with Crippen LogP contribution in [0.4, 0.5) is 0 Å². The molecule has 3 rings (SSSR count). The molecule has 2 atom stereocenters. The number of hydrogen-bond donors (Lipinski definition) is 0. The summed E-state index contributed by atoms with van der Waals surface area (Å²) in [5.74, 6) is 1.89. The average molecular weight is 248 g/mol. The van der Waals surface area contributed by atoms with Crippen LogP contribution >= 0.6 is 0 Å². The van der Waals surface area contributed by atoms with Crippen LogP contribution in [0.25, 0.3) is 0 Å². The van der Waals surface area contributed by atoms with E-state index < -0.39 is 0 Å². The predicted molar refractivity (Wildman–Crippen MR) is 72.3 cm³/mol. The fourth-order valence-corrected chi connectivity index (χ4v) is 3.66. The quantitative estimate of drug-likeness (QED) is 0.816. The molecule has 3 nitrogen and oxygen atoms in total. The normalized spacial score (nSPS) is 29.3. The maximum absolute atomic E-state index is 5.48. The Hall–Kier alpha value is -0.800. The van der Waals surface area contributed by atoms with Crippen molar-refractivity contribution in [3.8, 4) is 0 Å². The molecule has 0 amide bonds. The van der Waals surface area contributed by atoms with Crippen LogP contribution in [0, 0.1) is 5.92 Å². The lowest BCUT2D eigenvalue weighted by molar-refractivity contribution is 0.196. The first-order chi connectivity index (χ1) is 8.74. The number of rotatable bonds is 4. The molecule has 0 unspecified atom stereocenters.